The molecule has 2 saturated heterocycles. The summed E-state index contributed by atoms with van der Waals surface area (Å²) in [5.74, 6) is 0.789. The predicted octanol–water partition coefficient (Wildman–Crippen LogP) is 6.21. The van der Waals surface area contributed by atoms with Crippen LogP contribution in [0.1, 0.15) is 42.4 Å². The number of benzene rings is 1. The lowest BCUT2D eigenvalue weighted by atomic mass is 9.98. The summed E-state index contributed by atoms with van der Waals surface area (Å²) in [6.45, 7) is 4.44. The molecule has 1 N–H and O–H groups in total. The molecule has 7 heteroatoms. The van der Waals surface area contributed by atoms with Crippen LogP contribution < -0.4 is 15.1 Å². The average Bonchev–Trinajstić information content (AvgIpc) is 3.43. The summed E-state index contributed by atoms with van der Waals surface area (Å²) in [4.78, 5) is 10.4. The molecule has 0 unspecified atom stereocenters. The zero-order valence-electron chi connectivity index (χ0n) is 17.4. The van der Waals surface area contributed by atoms with Crippen molar-refractivity contribution in [2.24, 2.45) is 5.92 Å². The first-order valence-electron chi connectivity index (χ1n) is 10.7. The minimum Gasteiger partial charge on any atom is -0.370 e. The number of hydrogen-bond acceptors (Lipinski definition) is 4. The number of nitrogens with zero attached hydrogens (tertiary/aromatic N) is 3. The van der Waals surface area contributed by atoms with Crippen molar-refractivity contribution >= 4 is 51.6 Å². The predicted molar refractivity (Wildman–Crippen MR) is 134 cm³/mol. The van der Waals surface area contributed by atoms with Gasteiger partial charge in [0.2, 0.25) is 0 Å². The molecule has 2 aliphatic rings. The Bertz CT molecular complexity index is 1050. The van der Waals surface area contributed by atoms with Gasteiger partial charge in [-0.2, -0.15) is 0 Å². The number of aromatic nitrogens is 1. The van der Waals surface area contributed by atoms with Gasteiger partial charge >= 0.3 is 0 Å². The SMILES string of the molecule is CC1CCN(c2ccc(N3C(=S)N[C@@H](c4ccccn4)[C@H]3c3cccs3)cc2Cl)CC1. The van der Waals surface area contributed by atoms with E-state index in [0.29, 0.717) is 5.11 Å². The van der Waals surface area contributed by atoms with Crippen molar-refractivity contribution in [2.75, 3.05) is 22.9 Å². The molecule has 0 spiro atoms. The van der Waals surface area contributed by atoms with Crippen LogP contribution in [0, 0.1) is 5.92 Å². The van der Waals surface area contributed by atoms with E-state index in [1.54, 1.807) is 11.3 Å². The second-order valence-electron chi connectivity index (χ2n) is 8.32. The number of hydrogen-bond donors (Lipinski definition) is 1. The number of thiophene rings is 1. The molecular weight excluding hydrogens is 444 g/mol. The fraction of sp³-hybridized carbons (Fsp3) is 0.333. The molecular formula is C24H25ClN4S2. The highest BCUT2D eigenvalue weighted by atomic mass is 35.5. The first kappa shape index (κ1) is 20.7. The molecule has 31 heavy (non-hydrogen) atoms. The first-order valence-corrected chi connectivity index (χ1v) is 12.4. The summed E-state index contributed by atoms with van der Waals surface area (Å²) in [6, 6.07) is 16.6. The van der Waals surface area contributed by atoms with Gasteiger partial charge in [-0.3, -0.25) is 4.98 Å². The molecule has 0 saturated carbocycles. The van der Waals surface area contributed by atoms with E-state index >= 15 is 0 Å². The molecule has 160 valence electrons. The first-order chi connectivity index (χ1) is 15.1. The van der Waals surface area contributed by atoms with Crippen LogP contribution in [0.25, 0.3) is 0 Å². The Morgan fingerprint density at radius 2 is 1.97 bits per heavy atom. The standard InChI is InChI=1S/C24H25ClN4S2/c1-16-9-12-28(13-10-16)20-8-7-17(15-18(20)25)29-23(21-6-4-14-31-21)22(27-24(29)30)19-5-2-3-11-26-19/h2-8,11,14-16,22-23H,9-10,12-13H2,1H3,(H,27,30)/t22-,23+/m0/s1. The highest BCUT2D eigenvalue weighted by Crippen LogP contribution is 2.44. The Hall–Kier alpha value is -2.15. The van der Waals surface area contributed by atoms with Gasteiger partial charge in [-0.1, -0.05) is 30.7 Å². The van der Waals surface area contributed by atoms with Crippen LogP contribution in [-0.4, -0.2) is 23.2 Å². The van der Waals surface area contributed by atoms with Gasteiger partial charge in [0, 0.05) is 29.9 Å². The summed E-state index contributed by atoms with van der Waals surface area (Å²) < 4.78 is 0. The molecule has 2 aliphatic heterocycles. The van der Waals surface area contributed by atoms with Crippen LogP contribution >= 0.6 is 35.2 Å². The Morgan fingerprint density at radius 3 is 2.65 bits per heavy atom. The monoisotopic (exact) mass is 468 g/mol. The molecule has 5 rings (SSSR count). The minimum absolute atomic E-state index is 0.0191. The molecule has 0 radical (unpaired) electrons. The van der Waals surface area contributed by atoms with E-state index in [0.717, 1.165) is 41.1 Å². The fourth-order valence-corrected chi connectivity index (χ4v) is 6.03. The molecule has 3 aromatic rings. The van der Waals surface area contributed by atoms with Crippen molar-refractivity contribution in [3.05, 3.63) is 75.7 Å². The summed E-state index contributed by atoms with van der Waals surface area (Å²) in [7, 11) is 0. The van der Waals surface area contributed by atoms with Crippen LogP contribution in [0.15, 0.2) is 60.1 Å². The summed E-state index contributed by atoms with van der Waals surface area (Å²) >= 11 is 14.4. The zero-order chi connectivity index (χ0) is 21.4. The van der Waals surface area contributed by atoms with Crippen molar-refractivity contribution < 1.29 is 0 Å². The second kappa shape index (κ2) is 8.77. The third-order valence-electron chi connectivity index (χ3n) is 6.27. The van der Waals surface area contributed by atoms with E-state index < -0.39 is 0 Å². The highest BCUT2D eigenvalue weighted by Gasteiger charge is 2.41. The average molecular weight is 469 g/mol. The van der Waals surface area contributed by atoms with E-state index in [2.05, 4.69) is 68.8 Å². The fourth-order valence-electron chi connectivity index (χ4n) is 4.53. The van der Waals surface area contributed by atoms with Crippen LogP contribution in [0.4, 0.5) is 11.4 Å². The second-order valence-corrected chi connectivity index (χ2v) is 10.1. The third-order valence-corrected chi connectivity index (χ3v) is 7.83. The van der Waals surface area contributed by atoms with Crippen molar-refractivity contribution in [3.63, 3.8) is 0 Å². The lowest BCUT2D eigenvalue weighted by molar-refractivity contribution is 0.438. The van der Waals surface area contributed by atoms with E-state index in [-0.39, 0.29) is 12.1 Å². The van der Waals surface area contributed by atoms with Gasteiger partial charge in [0.1, 0.15) is 0 Å². The van der Waals surface area contributed by atoms with E-state index in [1.165, 1.54) is 17.7 Å². The maximum absolute atomic E-state index is 6.81. The Balaban J connectivity index is 1.49. The van der Waals surface area contributed by atoms with Crippen molar-refractivity contribution in [1.29, 1.82) is 0 Å². The van der Waals surface area contributed by atoms with Gasteiger partial charge in [0.05, 0.1) is 28.5 Å². The minimum atomic E-state index is -0.0191. The van der Waals surface area contributed by atoms with Gasteiger partial charge in [0.25, 0.3) is 0 Å². The molecule has 4 heterocycles. The molecule has 1 aromatic carbocycles. The van der Waals surface area contributed by atoms with Crippen molar-refractivity contribution in [2.45, 2.75) is 31.8 Å². The molecule has 0 amide bonds. The summed E-state index contributed by atoms with van der Waals surface area (Å²) in [5, 5.41) is 7.09. The normalized spacial score (nSPS) is 22.1. The molecule has 2 fully saturated rings. The molecule has 0 bridgehead atoms. The largest absolute Gasteiger partial charge is 0.370 e. The van der Waals surface area contributed by atoms with Gasteiger partial charge in [-0.05, 0) is 72.8 Å². The van der Waals surface area contributed by atoms with Crippen molar-refractivity contribution in [1.82, 2.24) is 10.3 Å². The van der Waals surface area contributed by atoms with Gasteiger partial charge in [-0.15, -0.1) is 11.3 Å². The lowest BCUT2D eigenvalue weighted by Crippen LogP contribution is -2.33. The Kier molecular flexibility index (Phi) is 5.87. The maximum atomic E-state index is 6.81. The van der Waals surface area contributed by atoms with Gasteiger partial charge in [-0.25, -0.2) is 0 Å². The maximum Gasteiger partial charge on any atom is 0.174 e. The van der Waals surface area contributed by atoms with Gasteiger partial charge in [0.15, 0.2) is 5.11 Å². The molecule has 4 nitrogen and oxygen atoms in total. The molecule has 2 atom stereocenters. The van der Waals surface area contributed by atoms with Crippen LogP contribution in [0.3, 0.4) is 0 Å². The summed E-state index contributed by atoms with van der Waals surface area (Å²) in [5.41, 5.74) is 3.11. The van der Waals surface area contributed by atoms with Crippen LogP contribution in [0.2, 0.25) is 5.02 Å². The number of anilines is 2. The lowest BCUT2D eigenvalue weighted by Gasteiger charge is -2.33. The number of pyridine rings is 1. The Labute approximate surface area is 197 Å². The number of nitrogens with one attached hydrogen (secondary N) is 1. The zero-order valence-corrected chi connectivity index (χ0v) is 19.8. The van der Waals surface area contributed by atoms with Crippen molar-refractivity contribution in [3.8, 4) is 0 Å². The third kappa shape index (κ3) is 4.04. The van der Waals surface area contributed by atoms with Gasteiger partial charge < -0.3 is 15.1 Å². The smallest absolute Gasteiger partial charge is 0.174 e. The molecule has 2 aromatic heterocycles. The van der Waals surface area contributed by atoms with Crippen LogP contribution in [-0.2, 0) is 0 Å². The van der Waals surface area contributed by atoms with E-state index in [4.69, 9.17) is 23.8 Å². The number of thiocarbonyl (C=S) groups is 1. The van der Waals surface area contributed by atoms with E-state index in [9.17, 15) is 0 Å². The molecule has 0 aliphatic carbocycles. The van der Waals surface area contributed by atoms with E-state index in [1.807, 2.05) is 18.3 Å². The number of halogens is 1. The number of piperidine rings is 1. The Morgan fingerprint density at radius 1 is 1.13 bits per heavy atom. The quantitative estimate of drug-likeness (QED) is 0.460. The van der Waals surface area contributed by atoms with Crippen LogP contribution in [0.5, 0.6) is 0 Å². The highest BCUT2D eigenvalue weighted by molar-refractivity contribution is 7.80. The number of rotatable bonds is 4. The summed E-state index contributed by atoms with van der Waals surface area (Å²) in [6.07, 6.45) is 4.26. The topological polar surface area (TPSA) is 31.4 Å².